The Balaban J connectivity index is 2.18. The summed E-state index contributed by atoms with van der Waals surface area (Å²) < 4.78 is 0.864. The van der Waals surface area contributed by atoms with E-state index in [0.29, 0.717) is 17.1 Å². The van der Waals surface area contributed by atoms with Crippen LogP contribution in [0.25, 0.3) is 0 Å². The average molecular weight is 321 g/mol. The van der Waals surface area contributed by atoms with Crippen LogP contribution >= 0.6 is 15.9 Å². The minimum absolute atomic E-state index is 0.215. The molecule has 0 saturated carbocycles. The van der Waals surface area contributed by atoms with Crippen molar-refractivity contribution in [3.63, 3.8) is 0 Å². The van der Waals surface area contributed by atoms with Crippen molar-refractivity contribution in [1.29, 1.82) is 0 Å². The molecular weight excluding hydrogens is 308 g/mol. The molecule has 0 unspecified atom stereocenters. The lowest BCUT2D eigenvalue weighted by atomic mass is 10.2. The summed E-state index contributed by atoms with van der Waals surface area (Å²) in [5.74, 6) is 0.292. The van der Waals surface area contributed by atoms with Crippen LogP contribution in [-0.2, 0) is 0 Å². The fourth-order valence-electron chi connectivity index (χ4n) is 1.56. The summed E-state index contributed by atoms with van der Waals surface area (Å²) in [5.41, 5.74) is 1.25. The van der Waals surface area contributed by atoms with Gasteiger partial charge in [0.15, 0.2) is 0 Å². The molecule has 0 saturated heterocycles. The Labute approximate surface area is 119 Å². The van der Waals surface area contributed by atoms with Gasteiger partial charge in [0.1, 0.15) is 5.82 Å². The van der Waals surface area contributed by atoms with E-state index in [4.69, 9.17) is 0 Å². The van der Waals surface area contributed by atoms with Crippen molar-refractivity contribution >= 4 is 33.3 Å². The average Bonchev–Trinajstić information content (AvgIpc) is 2.42. The molecule has 0 atom stereocenters. The van der Waals surface area contributed by atoms with Crippen LogP contribution in [0.3, 0.4) is 0 Å². The van der Waals surface area contributed by atoms with Crippen LogP contribution in [-0.4, -0.2) is 22.4 Å². The molecule has 0 fully saturated rings. The van der Waals surface area contributed by atoms with Crippen molar-refractivity contribution < 1.29 is 4.79 Å². The molecule has 0 aliphatic rings. The number of carbonyl (C=O) groups is 1. The lowest BCUT2D eigenvalue weighted by Crippen LogP contribution is -2.15. The van der Waals surface area contributed by atoms with Crippen molar-refractivity contribution in [3.8, 4) is 0 Å². The lowest BCUT2D eigenvalue weighted by molar-refractivity contribution is 0.102. The Kier molecular flexibility index (Phi) is 4.46. The highest BCUT2D eigenvalue weighted by Gasteiger charge is 2.11. The van der Waals surface area contributed by atoms with Crippen LogP contribution in [0.4, 0.5) is 11.5 Å². The van der Waals surface area contributed by atoms with E-state index in [2.05, 4.69) is 36.5 Å². The fourth-order valence-corrected chi connectivity index (χ4v) is 1.79. The Morgan fingerprint density at radius 3 is 2.84 bits per heavy atom. The summed E-state index contributed by atoms with van der Waals surface area (Å²) in [5, 5.41) is 5.85. The number of rotatable bonds is 4. The summed E-state index contributed by atoms with van der Waals surface area (Å²) in [6.07, 6.45) is 4.85. The maximum atomic E-state index is 12.2. The van der Waals surface area contributed by atoms with Crippen molar-refractivity contribution in [2.24, 2.45) is 0 Å². The number of nitrogens with zero attached hydrogens (tertiary/aromatic N) is 2. The van der Waals surface area contributed by atoms with Crippen molar-refractivity contribution in [2.75, 3.05) is 17.2 Å². The van der Waals surface area contributed by atoms with Gasteiger partial charge in [0, 0.05) is 23.4 Å². The van der Waals surface area contributed by atoms with E-state index < -0.39 is 0 Å². The molecule has 2 rings (SSSR count). The Bertz CT molecular complexity index is 571. The summed E-state index contributed by atoms with van der Waals surface area (Å²) >= 11 is 3.30. The minimum Gasteiger partial charge on any atom is -0.383 e. The van der Waals surface area contributed by atoms with E-state index in [0.717, 1.165) is 11.0 Å². The van der Waals surface area contributed by atoms with E-state index >= 15 is 0 Å². The number of anilines is 2. The van der Waals surface area contributed by atoms with Gasteiger partial charge in [-0.15, -0.1) is 0 Å². The minimum atomic E-state index is -0.215. The van der Waals surface area contributed by atoms with E-state index in [1.165, 1.54) is 0 Å². The van der Waals surface area contributed by atoms with Gasteiger partial charge in [-0.1, -0.05) is 0 Å². The first-order valence-corrected chi connectivity index (χ1v) is 6.61. The van der Waals surface area contributed by atoms with Gasteiger partial charge in [0.25, 0.3) is 5.91 Å². The first-order valence-electron chi connectivity index (χ1n) is 5.81. The normalized spacial score (nSPS) is 10.0. The Hall–Kier alpha value is -1.95. The van der Waals surface area contributed by atoms with Crippen molar-refractivity contribution in [2.45, 2.75) is 6.92 Å². The number of nitrogens with one attached hydrogen (secondary N) is 2. The van der Waals surface area contributed by atoms with Gasteiger partial charge in [-0.3, -0.25) is 9.78 Å². The van der Waals surface area contributed by atoms with Crippen LogP contribution < -0.4 is 10.6 Å². The molecule has 19 heavy (non-hydrogen) atoms. The molecule has 0 aliphatic heterocycles. The van der Waals surface area contributed by atoms with E-state index in [1.54, 1.807) is 30.7 Å². The van der Waals surface area contributed by atoms with Gasteiger partial charge >= 0.3 is 0 Å². The zero-order valence-electron chi connectivity index (χ0n) is 10.4. The molecule has 2 aromatic rings. The molecule has 2 aromatic heterocycles. The first kappa shape index (κ1) is 13.5. The molecule has 6 heteroatoms. The highest BCUT2D eigenvalue weighted by Crippen LogP contribution is 2.16. The standard InChI is InChI=1S/C13H13BrN4O/c1-2-16-11-8-15-6-5-10(11)13(19)18-12-4-3-9(14)7-17-12/h3-8,16H,2H2,1H3,(H,17,18,19). The molecule has 0 spiro atoms. The van der Waals surface area contributed by atoms with Crippen molar-refractivity contribution in [3.05, 3.63) is 46.8 Å². The quantitative estimate of drug-likeness (QED) is 0.909. The second-order valence-corrected chi connectivity index (χ2v) is 4.68. The predicted molar refractivity (Wildman–Crippen MR) is 78.3 cm³/mol. The number of amides is 1. The Morgan fingerprint density at radius 1 is 1.32 bits per heavy atom. The summed E-state index contributed by atoms with van der Waals surface area (Å²) in [4.78, 5) is 20.3. The summed E-state index contributed by atoms with van der Waals surface area (Å²) in [6.45, 7) is 2.69. The van der Waals surface area contributed by atoms with Gasteiger partial charge in [-0.2, -0.15) is 0 Å². The molecule has 0 radical (unpaired) electrons. The van der Waals surface area contributed by atoms with Crippen LogP contribution in [0.1, 0.15) is 17.3 Å². The topological polar surface area (TPSA) is 66.9 Å². The zero-order valence-corrected chi connectivity index (χ0v) is 11.9. The maximum absolute atomic E-state index is 12.2. The Morgan fingerprint density at radius 2 is 2.16 bits per heavy atom. The summed E-state index contributed by atoms with van der Waals surface area (Å²) in [6, 6.07) is 5.22. The van der Waals surface area contributed by atoms with Crippen LogP contribution in [0.5, 0.6) is 0 Å². The van der Waals surface area contributed by atoms with Crippen LogP contribution in [0.2, 0.25) is 0 Å². The van der Waals surface area contributed by atoms with Gasteiger partial charge < -0.3 is 10.6 Å². The number of carbonyl (C=O) groups excluding carboxylic acids is 1. The number of pyridine rings is 2. The van der Waals surface area contributed by atoms with Gasteiger partial charge in [0.05, 0.1) is 17.4 Å². The molecule has 98 valence electrons. The number of hydrogen-bond donors (Lipinski definition) is 2. The maximum Gasteiger partial charge on any atom is 0.259 e. The molecule has 0 aliphatic carbocycles. The number of halogens is 1. The van der Waals surface area contributed by atoms with Gasteiger partial charge in [-0.05, 0) is 41.1 Å². The number of hydrogen-bond acceptors (Lipinski definition) is 4. The van der Waals surface area contributed by atoms with E-state index in [1.807, 2.05) is 13.0 Å². The zero-order chi connectivity index (χ0) is 13.7. The third-order valence-electron chi connectivity index (χ3n) is 2.40. The van der Waals surface area contributed by atoms with Gasteiger partial charge in [0.2, 0.25) is 0 Å². The van der Waals surface area contributed by atoms with Crippen molar-refractivity contribution in [1.82, 2.24) is 9.97 Å². The van der Waals surface area contributed by atoms with Gasteiger partial charge in [-0.25, -0.2) is 4.98 Å². The molecule has 5 nitrogen and oxygen atoms in total. The second kappa shape index (κ2) is 6.29. The predicted octanol–water partition coefficient (Wildman–Crippen LogP) is 2.92. The second-order valence-electron chi connectivity index (χ2n) is 3.77. The molecule has 2 N–H and O–H groups in total. The largest absolute Gasteiger partial charge is 0.383 e. The number of aromatic nitrogens is 2. The molecule has 0 aromatic carbocycles. The third-order valence-corrected chi connectivity index (χ3v) is 2.87. The molecule has 1 amide bonds. The van der Waals surface area contributed by atoms with E-state index in [9.17, 15) is 4.79 Å². The smallest absolute Gasteiger partial charge is 0.259 e. The summed E-state index contributed by atoms with van der Waals surface area (Å²) in [7, 11) is 0. The molecular formula is C13H13BrN4O. The highest BCUT2D eigenvalue weighted by atomic mass is 79.9. The first-order chi connectivity index (χ1) is 9.20. The van der Waals surface area contributed by atoms with Crippen LogP contribution in [0, 0.1) is 0 Å². The molecule has 0 bridgehead atoms. The highest BCUT2D eigenvalue weighted by molar-refractivity contribution is 9.10. The molecule has 2 heterocycles. The fraction of sp³-hybridized carbons (Fsp3) is 0.154. The monoisotopic (exact) mass is 320 g/mol. The lowest BCUT2D eigenvalue weighted by Gasteiger charge is -2.09. The van der Waals surface area contributed by atoms with E-state index in [-0.39, 0.29) is 5.91 Å². The third kappa shape index (κ3) is 3.51. The van der Waals surface area contributed by atoms with Crippen LogP contribution in [0.15, 0.2) is 41.3 Å². The SMILES string of the molecule is CCNc1cnccc1C(=O)Nc1ccc(Br)cn1.